The van der Waals surface area contributed by atoms with Gasteiger partial charge in [0.25, 0.3) is 5.69 Å². The number of amides is 1. The number of nitrogens with zero attached hydrogens (tertiary/aromatic N) is 2. The minimum atomic E-state index is -4.14. The molecule has 2 aromatic rings. The van der Waals surface area contributed by atoms with Crippen LogP contribution in [0.3, 0.4) is 0 Å². The van der Waals surface area contributed by atoms with Gasteiger partial charge in [0.1, 0.15) is 5.69 Å². The molecule has 0 aliphatic heterocycles. The van der Waals surface area contributed by atoms with Crippen molar-refractivity contribution in [3.63, 3.8) is 0 Å². The quantitative estimate of drug-likeness (QED) is 0.380. The fourth-order valence-corrected chi connectivity index (χ4v) is 3.98. The van der Waals surface area contributed by atoms with E-state index in [-0.39, 0.29) is 16.3 Å². The summed E-state index contributed by atoms with van der Waals surface area (Å²) in [6.45, 7) is 4.00. The Kier molecular flexibility index (Phi) is 8.38. The SMILES string of the molecule is CCOc1ccc(NC(=O)CN(C)S(=O)(=O)c2ccc(NC)c([N+](=O)[O-])c2)cc1OCC. The average Bonchev–Trinajstić information content (AvgIpc) is 2.75. The van der Waals surface area contributed by atoms with Crippen molar-refractivity contribution in [2.45, 2.75) is 18.7 Å². The maximum absolute atomic E-state index is 12.8. The smallest absolute Gasteiger partial charge is 0.293 e. The maximum Gasteiger partial charge on any atom is 0.293 e. The number of nitro groups is 1. The summed E-state index contributed by atoms with van der Waals surface area (Å²) in [5.41, 5.74) is 0.195. The Hall–Kier alpha value is -3.38. The van der Waals surface area contributed by atoms with E-state index in [9.17, 15) is 23.3 Å². The van der Waals surface area contributed by atoms with Crippen LogP contribution in [-0.4, -0.2) is 57.4 Å². The van der Waals surface area contributed by atoms with Gasteiger partial charge in [-0.05, 0) is 38.1 Å². The van der Waals surface area contributed by atoms with Gasteiger partial charge in [-0.1, -0.05) is 0 Å². The molecule has 0 aliphatic carbocycles. The van der Waals surface area contributed by atoms with E-state index >= 15 is 0 Å². The first kappa shape index (κ1) is 24.9. The predicted octanol–water partition coefficient (Wildman–Crippen LogP) is 2.69. The van der Waals surface area contributed by atoms with E-state index < -0.39 is 27.4 Å². The van der Waals surface area contributed by atoms with Crippen molar-refractivity contribution in [3.05, 3.63) is 46.5 Å². The molecule has 174 valence electrons. The second-order valence-electron chi connectivity index (χ2n) is 6.52. The fourth-order valence-electron chi connectivity index (χ4n) is 2.83. The molecule has 0 aliphatic rings. The molecular formula is C20H26N4O7S. The summed E-state index contributed by atoms with van der Waals surface area (Å²) in [7, 11) is -1.43. The molecule has 2 N–H and O–H groups in total. The summed E-state index contributed by atoms with van der Waals surface area (Å²) in [4.78, 5) is 22.7. The van der Waals surface area contributed by atoms with Crippen molar-refractivity contribution in [3.8, 4) is 11.5 Å². The van der Waals surface area contributed by atoms with Crippen LogP contribution in [-0.2, 0) is 14.8 Å². The van der Waals surface area contributed by atoms with Crippen LogP contribution in [0, 0.1) is 10.1 Å². The van der Waals surface area contributed by atoms with Crippen LogP contribution in [0.1, 0.15) is 13.8 Å². The molecule has 2 aromatic carbocycles. The molecule has 0 spiro atoms. The molecule has 0 aromatic heterocycles. The van der Waals surface area contributed by atoms with Crippen molar-refractivity contribution >= 4 is 33.0 Å². The lowest BCUT2D eigenvalue weighted by molar-refractivity contribution is -0.384. The number of carbonyl (C=O) groups excluding carboxylic acids is 1. The van der Waals surface area contributed by atoms with Gasteiger partial charge < -0.3 is 20.1 Å². The molecule has 0 fully saturated rings. The van der Waals surface area contributed by atoms with Crippen molar-refractivity contribution in [1.29, 1.82) is 0 Å². The zero-order valence-corrected chi connectivity index (χ0v) is 19.1. The normalized spacial score (nSPS) is 11.2. The first-order valence-corrected chi connectivity index (χ1v) is 11.2. The standard InChI is InChI=1S/C20H26N4O7S/c1-5-30-18-10-7-14(11-19(18)31-6-2)22-20(25)13-23(4)32(28,29)15-8-9-16(21-3)17(12-15)24(26)27/h7-12,21H,5-6,13H2,1-4H3,(H,22,25). The van der Waals surface area contributed by atoms with E-state index in [4.69, 9.17) is 9.47 Å². The number of anilines is 2. The number of ether oxygens (including phenoxy) is 2. The molecule has 11 nitrogen and oxygen atoms in total. The summed E-state index contributed by atoms with van der Waals surface area (Å²) < 4.78 is 37.4. The van der Waals surface area contributed by atoms with Gasteiger partial charge in [-0.2, -0.15) is 4.31 Å². The van der Waals surface area contributed by atoms with Crippen LogP contribution in [0.25, 0.3) is 0 Å². The van der Waals surface area contributed by atoms with E-state index in [1.165, 1.54) is 26.2 Å². The van der Waals surface area contributed by atoms with E-state index in [2.05, 4.69) is 10.6 Å². The Balaban J connectivity index is 2.17. The number of rotatable bonds is 11. The molecule has 0 radical (unpaired) electrons. The Morgan fingerprint density at radius 3 is 2.34 bits per heavy atom. The Morgan fingerprint density at radius 2 is 1.75 bits per heavy atom. The number of hydrogen-bond donors (Lipinski definition) is 2. The fraction of sp³-hybridized carbons (Fsp3) is 0.350. The van der Waals surface area contributed by atoms with E-state index in [1.54, 1.807) is 18.2 Å². The summed E-state index contributed by atoms with van der Waals surface area (Å²) in [5.74, 6) is 0.382. The third-order valence-electron chi connectivity index (χ3n) is 4.34. The van der Waals surface area contributed by atoms with E-state index in [1.807, 2.05) is 13.8 Å². The molecule has 12 heteroatoms. The lowest BCUT2D eigenvalue weighted by Crippen LogP contribution is -2.35. The predicted molar refractivity (Wildman–Crippen MR) is 120 cm³/mol. The van der Waals surface area contributed by atoms with Crippen molar-refractivity contribution in [2.24, 2.45) is 0 Å². The molecule has 0 bridgehead atoms. The molecule has 0 saturated carbocycles. The van der Waals surface area contributed by atoms with Crippen LogP contribution in [0.2, 0.25) is 0 Å². The highest BCUT2D eigenvalue weighted by atomic mass is 32.2. The summed E-state index contributed by atoms with van der Waals surface area (Å²) >= 11 is 0. The molecule has 32 heavy (non-hydrogen) atoms. The monoisotopic (exact) mass is 466 g/mol. The van der Waals surface area contributed by atoms with Gasteiger partial charge in [0.05, 0.1) is 29.6 Å². The molecule has 0 atom stereocenters. The minimum Gasteiger partial charge on any atom is -0.490 e. The first-order chi connectivity index (χ1) is 15.1. The summed E-state index contributed by atoms with van der Waals surface area (Å²) in [6, 6.07) is 8.33. The van der Waals surface area contributed by atoms with Crippen LogP contribution >= 0.6 is 0 Å². The molecule has 0 heterocycles. The van der Waals surface area contributed by atoms with E-state index in [0.717, 1.165) is 10.4 Å². The largest absolute Gasteiger partial charge is 0.490 e. The number of carbonyl (C=O) groups is 1. The first-order valence-electron chi connectivity index (χ1n) is 9.76. The number of likely N-dealkylation sites (N-methyl/N-ethyl adjacent to an activating group) is 1. The third kappa shape index (κ3) is 5.86. The topological polar surface area (TPSA) is 140 Å². The van der Waals surface area contributed by atoms with Gasteiger partial charge in [0.15, 0.2) is 11.5 Å². The van der Waals surface area contributed by atoms with Crippen LogP contribution in [0.15, 0.2) is 41.3 Å². The number of nitrogens with one attached hydrogen (secondary N) is 2. The molecule has 0 unspecified atom stereocenters. The summed E-state index contributed by atoms with van der Waals surface area (Å²) in [6.07, 6.45) is 0. The van der Waals surface area contributed by atoms with Gasteiger partial charge in [-0.15, -0.1) is 0 Å². The molecule has 2 rings (SSSR count). The summed E-state index contributed by atoms with van der Waals surface area (Å²) in [5, 5.41) is 16.5. The number of sulfonamides is 1. The van der Waals surface area contributed by atoms with Crippen molar-refractivity contribution in [1.82, 2.24) is 4.31 Å². The average molecular weight is 467 g/mol. The molecule has 1 amide bonds. The van der Waals surface area contributed by atoms with E-state index in [0.29, 0.717) is 30.4 Å². The highest BCUT2D eigenvalue weighted by Crippen LogP contribution is 2.31. The minimum absolute atomic E-state index is 0.176. The Morgan fingerprint density at radius 1 is 1.09 bits per heavy atom. The molecular weight excluding hydrogens is 440 g/mol. The zero-order valence-electron chi connectivity index (χ0n) is 18.2. The Bertz CT molecular complexity index is 1090. The van der Waals surface area contributed by atoms with Gasteiger partial charge in [-0.25, -0.2) is 8.42 Å². The van der Waals surface area contributed by atoms with Gasteiger partial charge >= 0.3 is 0 Å². The van der Waals surface area contributed by atoms with Crippen molar-refractivity contribution < 1.29 is 27.6 Å². The van der Waals surface area contributed by atoms with Gasteiger partial charge in [-0.3, -0.25) is 14.9 Å². The highest BCUT2D eigenvalue weighted by Gasteiger charge is 2.26. The number of benzene rings is 2. The van der Waals surface area contributed by atoms with Gasteiger partial charge in [0, 0.05) is 31.9 Å². The number of nitro benzene ring substituents is 1. The maximum atomic E-state index is 12.8. The zero-order chi connectivity index (χ0) is 23.9. The van der Waals surface area contributed by atoms with Crippen LogP contribution in [0.4, 0.5) is 17.1 Å². The van der Waals surface area contributed by atoms with Crippen LogP contribution in [0.5, 0.6) is 11.5 Å². The Labute approximate surface area is 186 Å². The van der Waals surface area contributed by atoms with Crippen LogP contribution < -0.4 is 20.1 Å². The lowest BCUT2D eigenvalue weighted by atomic mass is 10.2. The second-order valence-corrected chi connectivity index (χ2v) is 8.57. The third-order valence-corrected chi connectivity index (χ3v) is 6.14. The molecule has 0 saturated heterocycles. The highest BCUT2D eigenvalue weighted by molar-refractivity contribution is 7.89. The van der Waals surface area contributed by atoms with Gasteiger partial charge in [0.2, 0.25) is 15.9 Å². The lowest BCUT2D eigenvalue weighted by Gasteiger charge is -2.18. The van der Waals surface area contributed by atoms with Crippen molar-refractivity contribution in [2.75, 3.05) is 44.5 Å². The number of hydrogen-bond acceptors (Lipinski definition) is 8. The second kappa shape index (κ2) is 10.8.